The van der Waals surface area contributed by atoms with Gasteiger partial charge in [0.05, 0.1) is 12.2 Å². The van der Waals surface area contributed by atoms with Crippen molar-refractivity contribution >= 4 is 12.6 Å². The van der Waals surface area contributed by atoms with Gasteiger partial charge in [0, 0.05) is 6.20 Å². The van der Waals surface area contributed by atoms with E-state index in [1.807, 2.05) is 0 Å². The number of rotatable bonds is 4. The molecule has 4 heteroatoms. The molecule has 0 spiro atoms. The monoisotopic (exact) mass is 128 g/mol. The largest absolute Gasteiger partial charge is 0.403 e. The highest BCUT2D eigenvalue weighted by Crippen LogP contribution is 1.73. The van der Waals surface area contributed by atoms with E-state index < -0.39 is 0 Å². The number of nitrogens with one attached hydrogen (secondary N) is 1. The molecule has 0 aliphatic heterocycles. The van der Waals surface area contributed by atoms with E-state index in [-0.39, 0.29) is 12.2 Å². The molecule has 0 amide bonds. The Morgan fingerprint density at radius 2 is 2.22 bits per heavy atom. The van der Waals surface area contributed by atoms with E-state index in [0.29, 0.717) is 12.6 Å². The Hall–Kier alpha value is -1.32. The van der Waals surface area contributed by atoms with Crippen molar-refractivity contribution in [2.24, 2.45) is 5.73 Å². The fourth-order valence-electron chi connectivity index (χ4n) is 0.299. The first-order valence-electron chi connectivity index (χ1n) is 2.39. The average molecular weight is 128 g/mol. The molecule has 0 saturated carbocycles. The van der Waals surface area contributed by atoms with Crippen LogP contribution in [0.5, 0.6) is 0 Å². The van der Waals surface area contributed by atoms with E-state index in [2.05, 4.69) is 5.32 Å². The molecular weight excluding hydrogens is 120 g/mol. The van der Waals surface area contributed by atoms with Gasteiger partial charge >= 0.3 is 0 Å². The lowest BCUT2D eigenvalue weighted by molar-refractivity contribution is -0.107. The molecule has 0 fully saturated rings. The summed E-state index contributed by atoms with van der Waals surface area (Å²) in [6, 6.07) is 0. The van der Waals surface area contributed by atoms with Crippen molar-refractivity contribution in [1.82, 2.24) is 5.32 Å². The Morgan fingerprint density at radius 3 is 2.56 bits per heavy atom. The highest BCUT2D eigenvalue weighted by Gasteiger charge is 1.87. The van der Waals surface area contributed by atoms with Crippen LogP contribution < -0.4 is 11.1 Å². The number of hydrogen-bond acceptors (Lipinski definition) is 4. The molecule has 0 aliphatic rings. The van der Waals surface area contributed by atoms with Crippen LogP contribution in [0.25, 0.3) is 0 Å². The minimum atomic E-state index is 0.113. The summed E-state index contributed by atoms with van der Waals surface area (Å²) in [6.45, 7) is 0.113. The van der Waals surface area contributed by atoms with Crippen LogP contribution in [0.15, 0.2) is 11.9 Å². The molecule has 0 radical (unpaired) electrons. The number of allylic oxidation sites excluding steroid dienone is 1. The van der Waals surface area contributed by atoms with Crippen LogP contribution in [-0.2, 0) is 9.59 Å². The molecule has 0 rings (SSSR count). The van der Waals surface area contributed by atoms with Crippen LogP contribution in [0.4, 0.5) is 0 Å². The molecule has 0 heterocycles. The number of carbonyl (C=O) groups excluding carboxylic acids is 2. The normalized spacial score (nSPS) is 10.4. The third kappa shape index (κ3) is 3.28. The Bertz CT molecular complexity index is 131. The van der Waals surface area contributed by atoms with Gasteiger partial charge in [-0.15, -0.1) is 0 Å². The second-order valence-corrected chi connectivity index (χ2v) is 1.29. The summed E-state index contributed by atoms with van der Waals surface area (Å²) in [5.74, 6) is 0. The number of carbonyl (C=O) groups is 2. The van der Waals surface area contributed by atoms with E-state index in [9.17, 15) is 9.59 Å². The van der Waals surface area contributed by atoms with Crippen LogP contribution >= 0.6 is 0 Å². The van der Waals surface area contributed by atoms with Gasteiger partial charge in [0.15, 0.2) is 6.29 Å². The zero-order valence-corrected chi connectivity index (χ0v) is 4.83. The van der Waals surface area contributed by atoms with Crippen molar-refractivity contribution in [3.05, 3.63) is 11.9 Å². The van der Waals surface area contributed by atoms with Crippen LogP contribution in [-0.4, -0.2) is 19.1 Å². The zero-order chi connectivity index (χ0) is 7.11. The van der Waals surface area contributed by atoms with E-state index >= 15 is 0 Å². The van der Waals surface area contributed by atoms with Crippen LogP contribution in [0, 0.1) is 0 Å². The lowest BCUT2D eigenvalue weighted by atomic mass is 10.5. The molecule has 0 saturated heterocycles. The highest BCUT2D eigenvalue weighted by atomic mass is 16.1. The Morgan fingerprint density at radius 1 is 1.56 bits per heavy atom. The molecule has 0 aromatic rings. The van der Waals surface area contributed by atoms with E-state index in [4.69, 9.17) is 5.73 Å². The average Bonchev–Trinajstić information content (AvgIpc) is 1.91. The van der Waals surface area contributed by atoms with Gasteiger partial charge in [0.2, 0.25) is 0 Å². The molecule has 0 atom stereocenters. The van der Waals surface area contributed by atoms with Gasteiger partial charge in [-0.25, -0.2) is 0 Å². The SMILES string of the molecule is N/C=C(/C=O)NCC=O. The van der Waals surface area contributed by atoms with Crippen molar-refractivity contribution < 1.29 is 9.59 Å². The zero-order valence-electron chi connectivity index (χ0n) is 4.83. The minimum Gasteiger partial charge on any atom is -0.403 e. The summed E-state index contributed by atoms with van der Waals surface area (Å²) in [6.07, 6.45) is 2.30. The smallest absolute Gasteiger partial charge is 0.167 e. The molecule has 0 aromatic carbocycles. The molecule has 0 aromatic heterocycles. The van der Waals surface area contributed by atoms with Crippen LogP contribution in [0.1, 0.15) is 0 Å². The Balaban J connectivity index is 3.57. The van der Waals surface area contributed by atoms with E-state index in [0.717, 1.165) is 6.20 Å². The third-order valence-electron chi connectivity index (χ3n) is 0.696. The van der Waals surface area contributed by atoms with Gasteiger partial charge in [-0.3, -0.25) is 4.79 Å². The molecule has 3 N–H and O–H groups in total. The van der Waals surface area contributed by atoms with Gasteiger partial charge in [0.25, 0.3) is 0 Å². The molecule has 50 valence electrons. The van der Waals surface area contributed by atoms with E-state index in [1.54, 1.807) is 0 Å². The summed E-state index contributed by atoms with van der Waals surface area (Å²) in [7, 11) is 0. The van der Waals surface area contributed by atoms with Crippen molar-refractivity contribution in [1.29, 1.82) is 0 Å². The van der Waals surface area contributed by atoms with Gasteiger partial charge in [-0.1, -0.05) is 0 Å². The van der Waals surface area contributed by atoms with Gasteiger partial charge in [-0.05, 0) is 0 Å². The predicted molar refractivity (Wildman–Crippen MR) is 32.4 cm³/mol. The minimum absolute atomic E-state index is 0.113. The second kappa shape index (κ2) is 4.83. The van der Waals surface area contributed by atoms with Crippen molar-refractivity contribution in [3.8, 4) is 0 Å². The molecular formula is C5H8N2O2. The Kier molecular flexibility index (Phi) is 4.12. The first-order chi connectivity index (χ1) is 4.35. The lowest BCUT2D eigenvalue weighted by Gasteiger charge is -1.95. The molecule has 4 nitrogen and oxygen atoms in total. The summed E-state index contributed by atoms with van der Waals surface area (Å²) >= 11 is 0. The maximum absolute atomic E-state index is 9.92. The number of nitrogens with two attached hydrogens (primary N) is 1. The first kappa shape index (κ1) is 7.68. The van der Waals surface area contributed by atoms with Gasteiger partial charge < -0.3 is 15.8 Å². The fourth-order valence-corrected chi connectivity index (χ4v) is 0.299. The summed E-state index contributed by atoms with van der Waals surface area (Å²) in [5.41, 5.74) is 5.18. The highest BCUT2D eigenvalue weighted by molar-refractivity contribution is 5.72. The van der Waals surface area contributed by atoms with Gasteiger partial charge in [-0.2, -0.15) is 0 Å². The summed E-state index contributed by atoms with van der Waals surface area (Å²) in [4.78, 5) is 19.6. The standard InChI is InChI=1S/C5H8N2O2/c6-3-5(4-9)7-1-2-8/h2-4,7H,1,6H2/b5-3-. The van der Waals surface area contributed by atoms with Crippen molar-refractivity contribution in [3.63, 3.8) is 0 Å². The van der Waals surface area contributed by atoms with Crippen molar-refractivity contribution in [2.75, 3.05) is 6.54 Å². The maximum atomic E-state index is 9.92. The first-order valence-corrected chi connectivity index (χ1v) is 2.39. The summed E-state index contributed by atoms with van der Waals surface area (Å²) in [5, 5.41) is 2.47. The van der Waals surface area contributed by atoms with Crippen molar-refractivity contribution in [2.45, 2.75) is 0 Å². The summed E-state index contributed by atoms with van der Waals surface area (Å²) < 4.78 is 0. The van der Waals surface area contributed by atoms with E-state index in [1.165, 1.54) is 0 Å². The number of hydrogen-bond donors (Lipinski definition) is 2. The fraction of sp³-hybridized carbons (Fsp3) is 0.200. The Labute approximate surface area is 52.7 Å². The molecule has 0 aliphatic carbocycles. The molecule has 0 bridgehead atoms. The maximum Gasteiger partial charge on any atom is 0.167 e. The second-order valence-electron chi connectivity index (χ2n) is 1.29. The number of aldehydes is 2. The molecule has 9 heavy (non-hydrogen) atoms. The van der Waals surface area contributed by atoms with Crippen LogP contribution in [0.2, 0.25) is 0 Å². The quantitative estimate of drug-likeness (QED) is 0.367. The van der Waals surface area contributed by atoms with Gasteiger partial charge in [0.1, 0.15) is 6.29 Å². The predicted octanol–water partition coefficient (Wildman–Crippen LogP) is -1.23. The molecule has 0 unspecified atom stereocenters. The lowest BCUT2D eigenvalue weighted by Crippen LogP contribution is -2.17. The third-order valence-corrected chi connectivity index (χ3v) is 0.696. The topological polar surface area (TPSA) is 72.2 Å². The van der Waals surface area contributed by atoms with Crippen LogP contribution in [0.3, 0.4) is 0 Å².